The Hall–Kier alpha value is -2.83. The smallest absolute Gasteiger partial charge is 0.278 e. The molecule has 0 bridgehead atoms. The van der Waals surface area contributed by atoms with E-state index in [0.717, 1.165) is 18.5 Å². The van der Waals surface area contributed by atoms with Crippen LogP contribution in [0.4, 0.5) is 11.4 Å². The largest absolute Gasteiger partial charge is 0.395 e. The van der Waals surface area contributed by atoms with Crippen molar-refractivity contribution in [2.75, 3.05) is 11.1 Å². The number of H-pyrrole nitrogens is 1. The number of nitrogen functional groups attached to an aromatic ring is 1. The van der Waals surface area contributed by atoms with Crippen LogP contribution >= 0.6 is 0 Å². The van der Waals surface area contributed by atoms with E-state index in [9.17, 15) is 9.59 Å². The summed E-state index contributed by atoms with van der Waals surface area (Å²) in [6.07, 6.45) is 1.62. The number of hydrogen-bond donors (Lipinski definition) is 4. The summed E-state index contributed by atoms with van der Waals surface area (Å²) < 4.78 is 0. The summed E-state index contributed by atoms with van der Waals surface area (Å²) in [5.74, 6) is -0.997. The molecule has 0 aliphatic carbocycles. The molecule has 21 heavy (non-hydrogen) atoms. The summed E-state index contributed by atoms with van der Waals surface area (Å²) in [4.78, 5) is 23.3. The number of carbonyl (C=O) groups excluding carboxylic acids is 2. The molecule has 7 heteroatoms. The molecule has 0 aliphatic rings. The maximum absolute atomic E-state index is 12.1. The fourth-order valence-corrected chi connectivity index (χ4v) is 1.94. The Morgan fingerprint density at radius 2 is 2.14 bits per heavy atom. The van der Waals surface area contributed by atoms with Gasteiger partial charge in [-0.05, 0) is 24.6 Å². The molecule has 0 radical (unpaired) electrons. The third-order valence-corrected chi connectivity index (χ3v) is 3.00. The number of benzene rings is 1. The zero-order valence-electron chi connectivity index (χ0n) is 11.6. The SMILES string of the molecule is CCCc1[nH]nc(C(=O)Nc2cccc(C(N)=O)c2)c1N. The summed E-state index contributed by atoms with van der Waals surface area (Å²) in [5, 5.41) is 9.34. The summed E-state index contributed by atoms with van der Waals surface area (Å²) in [6, 6.07) is 6.35. The number of aryl methyl sites for hydroxylation is 1. The van der Waals surface area contributed by atoms with E-state index in [0.29, 0.717) is 16.9 Å². The Kier molecular flexibility index (Phi) is 4.22. The molecule has 0 atom stereocenters. The van der Waals surface area contributed by atoms with Crippen LogP contribution in [0.1, 0.15) is 39.9 Å². The van der Waals surface area contributed by atoms with Gasteiger partial charge in [-0.25, -0.2) is 0 Å². The van der Waals surface area contributed by atoms with Gasteiger partial charge in [-0.15, -0.1) is 0 Å². The Labute approximate surface area is 121 Å². The molecule has 2 amide bonds. The Balaban J connectivity index is 2.18. The molecule has 7 nitrogen and oxygen atoms in total. The van der Waals surface area contributed by atoms with E-state index in [2.05, 4.69) is 15.5 Å². The minimum absolute atomic E-state index is 0.142. The van der Waals surface area contributed by atoms with Gasteiger partial charge >= 0.3 is 0 Å². The van der Waals surface area contributed by atoms with E-state index in [1.54, 1.807) is 18.2 Å². The first-order valence-electron chi connectivity index (χ1n) is 6.56. The second kappa shape index (κ2) is 6.08. The fourth-order valence-electron chi connectivity index (χ4n) is 1.94. The number of nitrogens with zero attached hydrogens (tertiary/aromatic N) is 1. The summed E-state index contributed by atoms with van der Waals surface area (Å²) in [7, 11) is 0. The van der Waals surface area contributed by atoms with Crippen LogP contribution in [-0.4, -0.2) is 22.0 Å². The van der Waals surface area contributed by atoms with E-state index < -0.39 is 11.8 Å². The molecular formula is C14H17N5O2. The molecule has 6 N–H and O–H groups in total. The molecule has 0 saturated heterocycles. The van der Waals surface area contributed by atoms with Crippen LogP contribution in [0.2, 0.25) is 0 Å². The predicted octanol–water partition coefficient (Wildman–Crippen LogP) is 1.30. The highest BCUT2D eigenvalue weighted by molar-refractivity contribution is 6.07. The number of nitrogens with two attached hydrogens (primary N) is 2. The van der Waals surface area contributed by atoms with Crippen molar-refractivity contribution in [1.82, 2.24) is 10.2 Å². The van der Waals surface area contributed by atoms with Gasteiger partial charge in [0.15, 0.2) is 5.69 Å². The average Bonchev–Trinajstić information content (AvgIpc) is 2.81. The maximum atomic E-state index is 12.1. The second-order valence-electron chi connectivity index (χ2n) is 4.61. The standard InChI is InChI=1S/C14H17N5O2/c1-2-4-10-11(15)12(19-18-10)14(21)17-9-6-3-5-8(7-9)13(16)20/h3,5-7H,2,4,15H2,1H3,(H2,16,20)(H,17,21)(H,18,19). The lowest BCUT2D eigenvalue weighted by Gasteiger charge is -2.05. The number of carbonyl (C=O) groups is 2. The lowest BCUT2D eigenvalue weighted by molar-refractivity contribution is 0.0995. The highest BCUT2D eigenvalue weighted by Crippen LogP contribution is 2.18. The van der Waals surface area contributed by atoms with Crippen LogP contribution in [0.5, 0.6) is 0 Å². The first-order chi connectivity index (χ1) is 10.0. The third-order valence-electron chi connectivity index (χ3n) is 3.00. The molecule has 0 saturated carbocycles. The highest BCUT2D eigenvalue weighted by Gasteiger charge is 2.17. The van der Waals surface area contributed by atoms with Crippen molar-refractivity contribution >= 4 is 23.2 Å². The van der Waals surface area contributed by atoms with Gasteiger partial charge in [0.2, 0.25) is 5.91 Å². The normalized spacial score (nSPS) is 10.3. The Bertz CT molecular complexity index is 678. The molecule has 0 aliphatic heterocycles. The van der Waals surface area contributed by atoms with Gasteiger partial charge in [-0.3, -0.25) is 14.7 Å². The van der Waals surface area contributed by atoms with Crippen LogP contribution in [0, 0.1) is 0 Å². The number of hydrogen-bond acceptors (Lipinski definition) is 4. The van der Waals surface area contributed by atoms with Gasteiger partial charge in [0, 0.05) is 11.3 Å². The molecule has 1 heterocycles. The lowest BCUT2D eigenvalue weighted by atomic mass is 10.2. The van der Waals surface area contributed by atoms with Crippen molar-refractivity contribution in [3.63, 3.8) is 0 Å². The lowest BCUT2D eigenvalue weighted by Crippen LogP contribution is -2.16. The monoisotopic (exact) mass is 287 g/mol. The topological polar surface area (TPSA) is 127 Å². The predicted molar refractivity (Wildman–Crippen MR) is 79.9 cm³/mol. The van der Waals surface area contributed by atoms with Crippen molar-refractivity contribution < 1.29 is 9.59 Å². The Morgan fingerprint density at radius 3 is 2.81 bits per heavy atom. The van der Waals surface area contributed by atoms with Crippen LogP contribution in [-0.2, 0) is 6.42 Å². The van der Waals surface area contributed by atoms with E-state index >= 15 is 0 Å². The first-order valence-corrected chi connectivity index (χ1v) is 6.56. The zero-order chi connectivity index (χ0) is 15.4. The summed E-state index contributed by atoms with van der Waals surface area (Å²) >= 11 is 0. The van der Waals surface area contributed by atoms with Crippen LogP contribution in [0.25, 0.3) is 0 Å². The van der Waals surface area contributed by atoms with Gasteiger partial charge in [0.05, 0.1) is 11.4 Å². The molecular weight excluding hydrogens is 270 g/mol. The Morgan fingerprint density at radius 1 is 1.38 bits per heavy atom. The van der Waals surface area contributed by atoms with Crippen molar-refractivity contribution in [3.8, 4) is 0 Å². The molecule has 0 fully saturated rings. The molecule has 1 aromatic carbocycles. The number of rotatable bonds is 5. The van der Waals surface area contributed by atoms with Crippen LogP contribution in [0.15, 0.2) is 24.3 Å². The van der Waals surface area contributed by atoms with Crippen molar-refractivity contribution in [3.05, 3.63) is 41.2 Å². The molecule has 0 unspecified atom stereocenters. The number of primary amides is 1. The minimum Gasteiger partial charge on any atom is -0.395 e. The quantitative estimate of drug-likeness (QED) is 0.660. The first kappa shape index (κ1) is 14.6. The van der Waals surface area contributed by atoms with Crippen LogP contribution in [0.3, 0.4) is 0 Å². The molecule has 110 valence electrons. The van der Waals surface area contributed by atoms with Gasteiger partial charge in [0.1, 0.15) is 0 Å². The fraction of sp³-hybridized carbons (Fsp3) is 0.214. The second-order valence-corrected chi connectivity index (χ2v) is 4.61. The number of amides is 2. The molecule has 0 spiro atoms. The molecule has 2 aromatic rings. The average molecular weight is 287 g/mol. The number of aromatic amines is 1. The van der Waals surface area contributed by atoms with Crippen LogP contribution < -0.4 is 16.8 Å². The molecule has 1 aromatic heterocycles. The van der Waals surface area contributed by atoms with Crippen molar-refractivity contribution in [2.45, 2.75) is 19.8 Å². The van der Waals surface area contributed by atoms with E-state index in [1.165, 1.54) is 6.07 Å². The van der Waals surface area contributed by atoms with Gasteiger partial charge in [-0.2, -0.15) is 5.10 Å². The van der Waals surface area contributed by atoms with E-state index in [4.69, 9.17) is 11.5 Å². The van der Waals surface area contributed by atoms with Crippen molar-refractivity contribution in [2.24, 2.45) is 5.73 Å². The van der Waals surface area contributed by atoms with Gasteiger partial charge in [0.25, 0.3) is 5.91 Å². The third kappa shape index (κ3) is 3.19. The minimum atomic E-state index is -0.560. The van der Waals surface area contributed by atoms with E-state index in [1.807, 2.05) is 6.92 Å². The van der Waals surface area contributed by atoms with Gasteiger partial charge in [-0.1, -0.05) is 19.4 Å². The van der Waals surface area contributed by atoms with Gasteiger partial charge < -0.3 is 16.8 Å². The zero-order valence-corrected chi connectivity index (χ0v) is 11.6. The maximum Gasteiger partial charge on any atom is 0.278 e. The number of anilines is 2. The number of aromatic nitrogens is 2. The van der Waals surface area contributed by atoms with Crippen molar-refractivity contribution in [1.29, 1.82) is 0 Å². The van der Waals surface area contributed by atoms with E-state index in [-0.39, 0.29) is 5.69 Å². The summed E-state index contributed by atoms with van der Waals surface area (Å²) in [6.45, 7) is 2.01. The molecule has 2 rings (SSSR count). The highest BCUT2D eigenvalue weighted by atomic mass is 16.2. The number of nitrogens with one attached hydrogen (secondary N) is 2. The summed E-state index contributed by atoms with van der Waals surface area (Å²) in [5.41, 5.74) is 13.1.